The monoisotopic (exact) mass is 280 g/mol. The molecule has 18 heavy (non-hydrogen) atoms. The van der Waals surface area contributed by atoms with Crippen LogP contribution < -0.4 is 0 Å². The first-order valence-corrected chi connectivity index (χ1v) is 6.00. The van der Waals surface area contributed by atoms with Crippen molar-refractivity contribution in [1.82, 2.24) is 9.97 Å². The number of rotatable bonds is 1. The van der Waals surface area contributed by atoms with E-state index in [1.807, 2.05) is 6.07 Å². The summed E-state index contributed by atoms with van der Waals surface area (Å²) in [5.41, 5.74) is 2.00. The van der Waals surface area contributed by atoms with E-state index in [0.717, 1.165) is 0 Å². The van der Waals surface area contributed by atoms with Crippen molar-refractivity contribution in [1.29, 1.82) is 0 Å². The van der Waals surface area contributed by atoms with Gasteiger partial charge in [0, 0.05) is 5.56 Å². The second-order valence-electron chi connectivity index (χ2n) is 3.85. The fraction of sp³-hybridized carbons (Fsp3) is 0. The molecule has 3 rings (SSSR count). The van der Waals surface area contributed by atoms with Crippen LogP contribution >= 0.6 is 23.2 Å². The van der Waals surface area contributed by atoms with Gasteiger partial charge in [-0.3, -0.25) is 0 Å². The highest BCUT2D eigenvalue weighted by Gasteiger charge is 2.11. The highest BCUT2D eigenvalue weighted by molar-refractivity contribution is 6.43. The Morgan fingerprint density at radius 2 is 1.94 bits per heavy atom. The first kappa shape index (κ1) is 11.5. The molecule has 2 aromatic carbocycles. The van der Waals surface area contributed by atoms with Gasteiger partial charge in [-0.15, -0.1) is 0 Å². The maximum absolute atomic E-state index is 13.1. The van der Waals surface area contributed by atoms with Gasteiger partial charge >= 0.3 is 0 Å². The molecule has 0 aliphatic rings. The molecule has 0 atom stereocenters. The Morgan fingerprint density at radius 1 is 1.11 bits per heavy atom. The molecule has 0 fully saturated rings. The second kappa shape index (κ2) is 4.26. The van der Waals surface area contributed by atoms with Gasteiger partial charge in [-0.1, -0.05) is 29.3 Å². The Balaban J connectivity index is 2.22. The van der Waals surface area contributed by atoms with Crippen LogP contribution in [0.3, 0.4) is 0 Å². The van der Waals surface area contributed by atoms with Crippen LogP contribution in [0.1, 0.15) is 0 Å². The number of H-pyrrole nitrogens is 1. The summed E-state index contributed by atoms with van der Waals surface area (Å²) < 4.78 is 13.1. The van der Waals surface area contributed by atoms with Crippen molar-refractivity contribution in [2.24, 2.45) is 0 Å². The molecule has 2 nitrogen and oxygen atoms in total. The molecule has 0 bridgehead atoms. The molecule has 5 heteroatoms. The van der Waals surface area contributed by atoms with Gasteiger partial charge in [0.2, 0.25) is 0 Å². The highest BCUT2D eigenvalue weighted by atomic mass is 35.5. The van der Waals surface area contributed by atoms with Crippen LogP contribution in [0.4, 0.5) is 4.39 Å². The molecule has 0 spiro atoms. The van der Waals surface area contributed by atoms with Crippen molar-refractivity contribution in [3.63, 3.8) is 0 Å². The van der Waals surface area contributed by atoms with Crippen molar-refractivity contribution in [2.75, 3.05) is 0 Å². The number of hydrogen-bond acceptors (Lipinski definition) is 1. The number of benzene rings is 2. The van der Waals surface area contributed by atoms with Crippen LogP contribution in [0, 0.1) is 5.82 Å². The van der Waals surface area contributed by atoms with E-state index in [1.54, 1.807) is 18.2 Å². The van der Waals surface area contributed by atoms with E-state index in [0.29, 0.717) is 32.5 Å². The van der Waals surface area contributed by atoms with Crippen molar-refractivity contribution >= 4 is 34.2 Å². The minimum absolute atomic E-state index is 0.310. The zero-order valence-corrected chi connectivity index (χ0v) is 10.6. The molecule has 0 amide bonds. The number of aromatic nitrogens is 2. The maximum atomic E-state index is 13.1. The molecule has 0 saturated carbocycles. The van der Waals surface area contributed by atoms with Crippen molar-refractivity contribution < 1.29 is 4.39 Å². The fourth-order valence-corrected chi connectivity index (χ4v) is 2.19. The summed E-state index contributed by atoms with van der Waals surface area (Å²) in [6.45, 7) is 0. The summed E-state index contributed by atoms with van der Waals surface area (Å²) in [7, 11) is 0. The number of nitrogens with one attached hydrogen (secondary N) is 1. The zero-order valence-electron chi connectivity index (χ0n) is 9.05. The minimum atomic E-state index is -0.310. The summed E-state index contributed by atoms with van der Waals surface area (Å²) >= 11 is 12.1. The lowest BCUT2D eigenvalue weighted by molar-refractivity contribution is 0.629. The molecular weight excluding hydrogens is 274 g/mol. The van der Waals surface area contributed by atoms with E-state index in [9.17, 15) is 4.39 Å². The van der Waals surface area contributed by atoms with E-state index in [-0.39, 0.29) is 5.82 Å². The first-order chi connectivity index (χ1) is 8.65. The number of aromatic amines is 1. The SMILES string of the molecule is Fc1ccc2nc(-c3cccc(Cl)c3Cl)[nH]c2c1. The minimum Gasteiger partial charge on any atom is -0.338 e. The number of imidazole rings is 1. The largest absolute Gasteiger partial charge is 0.338 e. The summed E-state index contributed by atoms with van der Waals surface area (Å²) in [5.74, 6) is 0.262. The van der Waals surface area contributed by atoms with Crippen LogP contribution in [0.25, 0.3) is 22.4 Å². The number of hydrogen-bond donors (Lipinski definition) is 1. The molecular formula is C13H7Cl2FN2. The average molecular weight is 281 g/mol. The summed E-state index contributed by atoms with van der Waals surface area (Å²) in [6, 6.07) is 9.68. The first-order valence-electron chi connectivity index (χ1n) is 5.25. The molecule has 0 saturated heterocycles. The second-order valence-corrected chi connectivity index (χ2v) is 4.63. The highest BCUT2D eigenvalue weighted by Crippen LogP contribution is 2.32. The van der Waals surface area contributed by atoms with Crippen LogP contribution in [-0.2, 0) is 0 Å². The Bertz CT molecular complexity index is 737. The van der Waals surface area contributed by atoms with Gasteiger partial charge in [0.25, 0.3) is 0 Å². The molecule has 1 heterocycles. The lowest BCUT2D eigenvalue weighted by Crippen LogP contribution is -1.82. The van der Waals surface area contributed by atoms with Crippen LogP contribution in [0.5, 0.6) is 0 Å². The van der Waals surface area contributed by atoms with Crippen molar-refractivity contribution in [3.05, 3.63) is 52.3 Å². The third-order valence-electron chi connectivity index (χ3n) is 2.65. The molecule has 0 radical (unpaired) electrons. The van der Waals surface area contributed by atoms with Gasteiger partial charge in [0.15, 0.2) is 0 Å². The summed E-state index contributed by atoms with van der Waals surface area (Å²) in [4.78, 5) is 7.39. The summed E-state index contributed by atoms with van der Waals surface area (Å²) in [6.07, 6.45) is 0. The van der Waals surface area contributed by atoms with Gasteiger partial charge in [0.05, 0.1) is 21.1 Å². The van der Waals surface area contributed by atoms with Gasteiger partial charge in [0.1, 0.15) is 11.6 Å². The Hall–Kier alpha value is -1.58. The Labute approximate surface area is 112 Å². The average Bonchev–Trinajstić information content (AvgIpc) is 2.75. The standard InChI is InChI=1S/C13H7Cl2FN2/c14-9-3-1-2-8(12(9)15)13-17-10-5-4-7(16)6-11(10)18-13/h1-6H,(H,17,18). The topological polar surface area (TPSA) is 28.7 Å². The van der Waals surface area contributed by atoms with E-state index >= 15 is 0 Å². The number of halogens is 3. The van der Waals surface area contributed by atoms with E-state index in [1.165, 1.54) is 12.1 Å². The van der Waals surface area contributed by atoms with E-state index in [4.69, 9.17) is 23.2 Å². The predicted molar refractivity (Wildman–Crippen MR) is 71.5 cm³/mol. The van der Waals surface area contributed by atoms with Crippen LogP contribution in [0.15, 0.2) is 36.4 Å². The van der Waals surface area contributed by atoms with Gasteiger partial charge in [-0.05, 0) is 30.3 Å². The third-order valence-corrected chi connectivity index (χ3v) is 3.47. The summed E-state index contributed by atoms with van der Waals surface area (Å²) in [5, 5.41) is 0.888. The lowest BCUT2D eigenvalue weighted by Gasteiger charge is -2.01. The Morgan fingerprint density at radius 3 is 2.78 bits per heavy atom. The lowest BCUT2D eigenvalue weighted by atomic mass is 10.2. The number of nitrogens with zero attached hydrogens (tertiary/aromatic N) is 1. The van der Waals surface area contributed by atoms with Crippen molar-refractivity contribution in [2.45, 2.75) is 0 Å². The van der Waals surface area contributed by atoms with Gasteiger partial charge in [-0.25, -0.2) is 9.37 Å². The van der Waals surface area contributed by atoms with Crippen molar-refractivity contribution in [3.8, 4) is 11.4 Å². The normalized spacial score (nSPS) is 11.1. The molecule has 0 unspecified atom stereocenters. The molecule has 0 aliphatic heterocycles. The zero-order chi connectivity index (χ0) is 12.7. The number of fused-ring (bicyclic) bond motifs is 1. The predicted octanol–water partition coefficient (Wildman–Crippen LogP) is 4.68. The van der Waals surface area contributed by atoms with Gasteiger partial charge in [-0.2, -0.15) is 0 Å². The van der Waals surface area contributed by atoms with Gasteiger partial charge < -0.3 is 4.98 Å². The quantitative estimate of drug-likeness (QED) is 0.689. The Kier molecular flexibility index (Phi) is 2.73. The van der Waals surface area contributed by atoms with E-state index in [2.05, 4.69) is 9.97 Å². The fourth-order valence-electron chi connectivity index (χ4n) is 1.80. The molecule has 1 aromatic heterocycles. The molecule has 3 aromatic rings. The van der Waals surface area contributed by atoms with Crippen LogP contribution in [-0.4, -0.2) is 9.97 Å². The smallest absolute Gasteiger partial charge is 0.140 e. The van der Waals surface area contributed by atoms with E-state index < -0.39 is 0 Å². The molecule has 1 N–H and O–H groups in total. The van der Waals surface area contributed by atoms with Crippen LogP contribution in [0.2, 0.25) is 10.0 Å². The maximum Gasteiger partial charge on any atom is 0.140 e. The third kappa shape index (κ3) is 1.85. The molecule has 0 aliphatic carbocycles. The molecule has 90 valence electrons.